The van der Waals surface area contributed by atoms with Gasteiger partial charge in [0.25, 0.3) is 0 Å². The number of benzene rings is 1. The van der Waals surface area contributed by atoms with E-state index in [0.29, 0.717) is 6.42 Å². The molecule has 21 heavy (non-hydrogen) atoms. The molecule has 0 aliphatic heterocycles. The molecular formula is C16H21F2N3. The highest BCUT2D eigenvalue weighted by Gasteiger charge is 2.17. The SMILES string of the molecule is CCCNC(Cc1ccc(F)c(F)c1)c1nccn1CC. The molecule has 2 aromatic rings. The Morgan fingerprint density at radius 2 is 2.05 bits per heavy atom. The second-order valence-corrected chi connectivity index (χ2v) is 5.03. The van der Waals surface area contributed by atoms with Crippen LogP contribution in [0.1, 0.15) is 37.7 Å². The lowest BCUT2D eigenvalue weighted by Crippen LogP contribution is -2.27. The third-order valence-corrected chi connectivity index (χ3v) is 3.46. The average Bonchev–Trinajstić information content (AvgIpc) is 2.95. The van der Waals surface area contributed by atoms with Gasteiger partial charge in [0.15, 0.2) is 11.6 Å². The summed E-state index contributed by atoms with van der Waals surface area (Å²) in [5.41, 5.74) is 0.758. The van der Waals surface area contributed by atoms with Crippen LogP contribution in [0.3, 0.4) is 0 Å². The Balaban J connectivity index is 2.21. The van der Waals surface area contributed by atoms with Crippen LogP contribution in [-0.2, 0) is 13.0 Å². The van der Waals surface area contributed by atoms with E-state index in [1.807, 2.05) is 6.20 Å². The zero-order valence-electron chi connectivity index (χ0n) is 12.4. The second kappa shape index (κ2) is 7.31. The Bertz CT molecular complexity index is 581. The van der Waals surface area contributed by atoms with E-state index in [1.54, 1.807) is 12.3 Å². The molecule has 1 unspecified atom stereocenters. The standard InChI is InChI=1S/C16H21F2N3/c1-3-7-19-15(16-20-8-9-21(16)4-2)11-12-5-6-13(17)14(18)10-12/h5-6,8-10,15,19H,3-4,7,11H2,1-2H3. The van der Waals surface area contributed by atoms with Crippen molar-refractivity contribution < 1.29 is 8.78 Å². The largest absolute Gasteiger partial charge is 0.334 e. The summed E-state index contributed by atoms with van der Waals surface area (Å²) in [6, 6.07) is 4.05. The quantitative estimate of drug-likeness (QED) is 0.847. The smallest absolute Gasteiger partial charge is 0.159 e. The summed E-state index contributed by atoms with van der Waals surface area (Å²) >= 11 is 0. The fourth-order valence-corrected chi connectivity index (χ4v) is 2.37. The Kier molecular flexibility index (Phi) is 5.44. The molecule has 0 saturated carbocycles. The number of rotatable bonds is 7. The van der Waals surface area contributed by atoms with E-state index in [1.165, 1.54) is 12.1 Å². The van der Waals surface area contributed by atoms with Crippen LogP contribution in [0.4, 0.5) is 8.78 Å². The maximum Gasteiger partial charge on any atom is 0.159 e. The number of nitrogens with zero attached hydrogens (tertiary/aromatic N) is 2. The molecule has 0 fully saturated rings. The van der Waals surface area contributed by atoms with E-state index in [9.17, 15) is 8.78 Å². The number of nitrogens with one attached hydrogen (secondary N) is 1. The topological polar surface area (TPSA) is 29.9 Å². The van der Waals surface area contributed by atoms with Crippen molar-refractivity contribution in [1.29, 1.82) is 0 Å². The van der Waals surface area contributed by atoms with Crippen LogP contribution in [-0.4, -0.2) is 16.1 Å². The first kappa shape index (κ1) is 15.6. The van der Waals surface area contributed by atoms with E-state index in [4.69, 9.17) is 0 Å². The van der Waals surface area contributed by atoms with Crippen LogP contribution >= 0.6 is 0 Å². The highest BCUT2D eigenvalue weighted by Crippen LogP contribution is 2.19. The highest BCUT2D eigenvalue weighted by molar-refractivity contribution is 5.20. The van der Waals surface area contributed by atoms with E-state index < -0.39 is 11.6 Å². The van der Waals surface area contributed by atoms with Crippen molar-refractivity contribution in [3.05, 3.63) is 53.6 Å². The molecule has 114 valence electrons. The highest BCUT2D eigenvalue weighted by atomic mass is 19.2. The lowest BCUT2D eigenvalue weighted by molar-refractivity contribution is 0.476. The summed E-state index contributed by atoms with van der Waals surface area (Å²) in [6.07, 6.45) is 5.28. The zero-order valence-corrected chi connectivity index (χ0v) is 12.4. The van der Waals surface area contributed by atoms with Crippen molar-refractivity contribution in [3.8, 4) is 0 Å². The molecule has 2 rings (SSSR count). The van der Waals surface area contributed by atoms with Crippen LogP contribution in [0, 0.1) is 11.6 Å². The first-order valence-corrected chi connectivity index (χ1v) is 7.34. The molecule has 5 heteroatoms. The lowest BCUT2D eigenvalue weighted by atomic mass is 10.0. The first-order valence-electron chi connectivity index (χ1n) is 7.34. The number of imidazole rings is 1. The predicted octanol–water partition coefficient (Wildman–Crippen LogP) is 3.46. The Hall–Kier alpha value is -1.75. The van der Waals surface area contributed by atoms with Gasteiger partial charge in [0, 0.05) is 18.9 Å². The number of aromatic nitrogens is 2. The summed E-state index contributed by atoms with van der Waals surface area (Å²) in [5, 5.41) is 3.43. The predicted molar refractivity (Wildman–Crippen MR) is 79.0 cm³/mol. The fourth-order valence-electron chi connectivity index (χ4n) is 2.37. The van der Waals surface area contributed by atoms with Crippen molar-refractivity contribution in [2.75, 3.05) is 6.54 Å². The van der Waals surface area contributed by atoms with Gasteiger partial charge in [-0.15, -0.1) is 0 Å². The van der Waals surface area contributed by atoms with E-state index in [0.717, 1.165) is 30.9 Å². The molecule has 0 bridgehead atoms. The van der Waals surface area contributed by atoms with Gasteiger partial charge < -0.3 is 9.88 Å². The Morgan fingerprint density at radius 3 is 2.71 bits per heavy atom. The molecule has 3 nitrogen and oxygen atoms in total. The third-order valence-electron chi connectivity index (χ3n) is 3.46. The van der Waals surface area contributed by atoms with Crippen LogP contribution in [0.15, 0.2) is 30.6 Å². The Labute approximate surface area is 124 Å². The van der Waals surface area contributed by atoms with Gasteiger partial charge in [-0.05, 0) is 44.0 Å². The van der Waals surface area contributed by atoms with E-state index in [2.05, 4.69) is 28.7 Å². The van der Waals surface area contributed by atoms with Gasteiger partial charge in [-0.2, -0.15) is 0 Å². The van der Waals surface area contributed by atoms with Crippen molar-refractivity contribution in [3.63, 3.8) is 0 Å². The van der Waals surface area contributed by atoms with Crippen molar-refractivity contribution in [1.82, 2.24) is 14.9 Å². The monoisotopic (exact) mass is 293 g/mol. The summed E-state index contributed by atoms with van der Waals surface area (Å²) in [7, 11) is 0. The van der Waals surface area contributed by atoms with Gasteiger partial charge in [-0.3, -0.25) is 0 Å². The molecule has 1 atom stereocenters. The van der Waals surface area contributed by atoms with Gasteiger partial charge in [0.2, 0.25) is 0 Å². The molecular weight excluding hydrogens is 272 g/mol. The third kappa shape index (κ3) is 3.88. The Morgan fingerprint density at radius 1 is 1.24 bits per heavy atom. The van der Waals surface area contributed by atoms with Crippen LogP contribution < -0.4 is 5.32 Å². The molecule has 0 aliphatic carbocycles. The maximum absolute atomic E-state index is 13.4. The molecule has 0 spiro atoms. The minimum atomic E-state index is -0.813. The molecule has 1 aromatic heterocycles. The van der Waals surface area contributed by atoms with Gasteiger partial charge in [-0.25, -0.2) is 13.8 Å². The van der Waals surface area contributed by atoms with Crippen molar-refractivity contribution in [2.24, 2.45) is 0 Å². The summed E-state index contributed by atoms with van der Waals surface area (Å²) < 4.78 is 28.4. The fraction of sp³-hybridized carbons (Fsp3) is 0.438. The molecule has 0 aliphatic rings. The molecule has 1 heterocycles. The average molecular weight is 293 g/mol. The summed E-state index contributed by atoms with van der Waals surface area (Å²) in [5.74, 6) is -0.692. The zero-order chi connectivity index (χ0) is 15.2. The minimum absolute atomic E-state index is 0.00948. The van der Waals surface area contributed by atoms with Crippen molar-refractivity contribution in [2.45, 2.75) is 39.3 Å². The van der Waals surface area contributed by atoms with E-state index >= 15 is 0 Å². The molecule has 0 saturated heterocycles. The molecule has 1 aromatic carbocycles. The van der Waals surface area contributed by atoms with Gasteiger partial charge in [0.1, 0.15) is 5.82 Å². The first-order chi connectivity index (χ1) is 10.2. The van der Waals surface area contributed by atoms with Crippen LogP contribution in [0.25, 0.3) is 0 Å². The van der Waals surface area contributed by atoms with Crippen molar-refractivity contribution >= 4 is 0 Å². The number of halogens is 2. The van der Waals surface area contributed by atoms with E-state index in [-0.39, 0.29) is 6.04 Å². The summed E-state index contributed by atoms with van der Waals surface area (Å²) in [4.78, 5) is 4.41. The molecule has 1 N–H and O–H groups in total. The molecule has 0 radical (unpaired) electrons. The normalized spacial score (nSPS) is 12.6. The molecule has 0 amide bonds. The number of aryl methyl sites for hydroxylation is 1. The van der Waals surface area contributed by atoms with Crippen LogP contribution in [0.2, 0.25) is 0 Å². The summed E-state index contributed by atoms with van der Waals surface area (Å²) in [6.45, 7) is 5.83. The number of hydrogen-bond acceptors (Lipinski definition) is 2. The minimum Gasteiger partial charge on any atom is -0.334 e. The maximum atomic E-state index is 13.4. The van der Waals surface area contributed by atoms with Crippen LogP contribution in [0.5, 0.6) is 0 Å². The number of hydrogen-bond donors (Lipinski definition) is 1. The van der Waals surface area contributed by atoms with Gasteiger partial charge in [-0.1, -0.05) is 13.0 Å². The second-order valence-electron chi connectivity index (χ2n) is 5.03. The van der Waals surface area contributed by atoms with Gasteiger partial charge >= 0.3 is 0 Å². The lowest BCUT2D eigenvalue weighted by Gasteiger charge is -2.19. The van der Waals surface area contributed by atoms with Gasteiger partial charge in [0.05, 0.1) is 6.04 Å².